The molecule has 0 unspecified atom stereocenters. The number of fused-ring (bicyclic) bond motifs is 1. The molecule has 0 spiro atoms. The van der Waals surface area contributed by atoms with E-state index in [2.05, 4.69) is 15.4 Å². The highest BCUT2D eigenvalue weighted by Gasteiger charge is 2.34. The number of carbonyl (C=O) groups is 2. The van der Waals surface area contributed by atoms with E-state index in [1.807, 2.05) is 54.6 Å². The van der Waals surface area contributed by atoms with Crippen LogP contribution in [0.25, 0.3) is 0 Å². The van der Waals surface area contributed by atoms with E-state index < -0.39 is 34.2 Å². The topological polar surface area (TPSA) is 145 Å². The molecule has 0 aliphatic heterocycles. The van der Waals surface area contributed by atoms with Crippen molar-refractivity contribution in [2.75, 3.05) is 11.9 Å². The third-order valence-electron chi connectivity index (χ3n) is 6.75. The minimum absolute atomic E-state index is 0.00911. The summed E-state index contributed by atoms with van der Waals surface area (Å²) in [5.74, 6) is -1.26. The number of nitrogens with one attached hydrogen (secondary N) is 3. The molecule has 10 heteroatoms. The molecule has 39 heavy (non-hydrogen) atoms. The van der Waals surface area contributed by atoms with E-state index in [4.69, 9.17) is 0 Å². The van der Waals surface area contributed by atoms with Gasteiger partial charge in [-0.05, 0) is 53.8 Å². The van der Waals surface area contributed by atoms with Crippen molar-refractivity contribution in [3.8, 4) is 0 Å². The first-order valence-corrected chi connectivity index (χ1v) is 14.3. The number of rotatable bonds is 11. The van der Waals surface area contributed by atoms with Crippen LogP contribution in [0.5, 0.6) is 0 Å². The van der Waals surface area contributed by atoms with Gasteiger partial charge in [-0.1, -0.05) is 54.6 Å². The van der Waals surface area contributed by atoms with Crippen LogP contribution in [-0.2, 0) is 32.5 Å². The van der Waals surface area contributed by atoms with Crippen LogP contribution in [-0.4, -0.2) is 49.2 Å². The van der Waals surface area contributed by atoms with Gasteiger partial charge in [0.15, 0.2) is 0 Å². The Morgan fingerprint density at radius 1 is 0.974 bits per heavy atom. The monoisotopic (exact) mass is 551 g/mol. The minimum Gasteiger partial charge on any atom is -0.392 e. The Morgan fingerprint density at radius 2 is 1.64 bits per heavy atom. The van der Waals surface area contributed by atoms with Crippen LogP contribution in [0.1, 0.15) is 36.1 Å². The third-order valence-corrected chi connectivity index (χ3v) is 8.19. The van der Waals surface area contributed by atoms with Gasteiger partial charge in [-0.3, -0.25) is 9.59 Å². The van der Waals surface area contributed by atoms with Crippen molar-refractivity contribution in [2.24, 2.45) is 5.92 Å². The largest absolute Gasteiger partial charge is 0.392 e. The van der Waals surface area contributed by atoms with Gasteiger partial charge in [0.2, 0.25) is 21.8 Å². The van der Waals surface area contributed by atoms with Crippen molar-refractivity contribution in [2.45, 2.75) is 49.3 Å². The zero-order valence-electron chi connectivity index (χ0n) is 21.6. The number of aliphatic hydroxyl groups excluding tert-OH is 2. The molecule has 0 saturated heterocycles. The van der Waals surface area contributed by atoms with Crippen LogP contribution in [0, 0.1) is 5.92 Å². The number of benzene rings is 3. The van der Waals surface area contributed by atoms with Gasteiger partial charge in [0.25, 0.3) is 0 Å². The lowest BCUT2D eigenvalue weighted by atomic mass is 9.92. The minimum atomic E-state index is -3.93. The van der Waals surface area contributed by atoms with E-state index in [1.54, 1.807) is 0 Å². The number of anilines is 1. The van der Waals surface area contributed by atoms with Crippen molar-refractivity contribution in [3.05, 3.63) is 95.6 Å². The molecule has 9 nitrogen and oxygen atoms in total. The lowest BCUT2D eigenvalue weighted by molar-refractivity contribution is -0.127. The molecule has 0 saturated carbocycles. The molecular formula is C29H33N3O6S. The molecule has 0 heterocycles. The predicted octanol–water partition coefficient (Wildman–Crippen LogP) is 2.31. The molecular weight excluding hydrogens is 518 g/mol. The van der Waals surface area contributed by atoms with Crippen LogP contribution < -0.4 is 15.4 Å². The molecule has 1 aliphatic carbocycles. The average Bonchev–Trinajstić information content (AvgIpc) is 3.22. The Kier molecular flexibility index (Phi) is 9.13. The summed E-state index contributed by atoms with van der Waals surface area (Å²) in [6.45, 7) is 1.07. The van der Waals surface area contributed by atoms with Gasteiger partial charge < -0.3 is 20.8 Å². The number of sulfonamides is 1. The summed E-state index contributed by atoms with van der Waals surface area (Å²) in [5, 5.41) is 26.9. The molecule has 4 atom stereocenters. The summed E-state index contributed by atoms with van der Waals surface area (Å²) in [7, 11) is -3.93. The Hall–Kier alpha value is -3.57. The number of amides is 2. The van der Waals surface area contributed by atoms with E-state index in [1.165, 1.54) is 31.2 Å². The summed E-state index contributed by atoms with van der Waals surface area (Å²) < 4.78 is 27.9. The predicted molar refractivity (Wildman–Crippen MR) is 147 cm³/mol. The van der Waals surface area contributed by atoms with E-state index >= 15 is 0 Å². The fourth-order valence-corrected chi connectivity index (χ4v) is 5.90. The van der Waals surface area contributed by atoms with Crippen molar-refractivity contribution in [1.29, 1.82) is 0 Å². The molecule has 1 aliphatic rings. The van der Waals surface area contributed by atoms with Gasteiger partial charge in [0.1, 0.15) is 0 Å². The number of aliphatic hydroxyl groups is 2. The summed E-state index contributed by atoms with van der Waals surface area (Å²) in [4.78, 5) is 24.6. The van der Waals surface area contributed by atoms with E-state index in [-0.39, 0.29) is 29.7 Å². The molecule has 3 aromatic carbocycles. The maximum Gasteiger partial charge on any atom is 0.240 e. The average molecular weight is 552 g/mol. The number of carbonyl (C=O) groups excluding carboxylic acids is 2. The SMILES string of the molecule is CC(=O)Nc1ccc(S(=O)(=O)NC[C@@H](O)C[C@@H](Cc2ccccc2)C(=O)N[C@H]2c3ccccc3C[C@H]2O)cc1. The molecule has 0 aromatic heterocycles. The summed E-state index contributed by atoms with van der Waals surface area (Å²) in [6.07, 6.45) is -1.10. The molecule has 2 amide bonds. The quantitative estimate of drug-likeness (QED) is 0.247. The van der Waals surface area contributed by atoms with Gasteiger partial charge in [0.05, 0.1) is 23.1 Å². The highest BCUT2D eigenvalue weighted by Crippen LogP contribution is 2.32. The molecule has 4 rings (SSSR count). The first kappa shape index (κ1) is 28.4. The first-order chi connectivity index (χ1) is 18.6. The molecule has 206 valence electrons. The Balaban J connectivity index is 1.42. The number of hydrogen-bond donors (Lipinski definition) is 5. The fraction of sp³-hybridized carbons (Fsp3) is 0.310. The second-order valence-electron chi connectivity index (χ2n) is 9.79. The summed E-state index contributed by atoms with van der Waals surface area (Å²) in [5.41, 5.74) is 3.22. The second kappa shape index (κ2) is 12.5. The van der Waals surface area contributed by atoms with Gasteiger partial charge in [-0.25, -0.2) is 13.1 Å². The molecule has 0 bridgehead atoms. The van der Waals surface area contributed by atoms with Gasteiger partial charge in [-0.15, -0.1) is 0 Å². The van der Waals surface area contributed by atoms with E-state index in [0.717, 1.165) is 16.7 Å². The van der Waals surface area contributed by atoms with Gasteiger partial charge >= 0.3 is 0 Å². The first-order valence-electron chi connectivity index (χ1n) is 12.8. The van der Waals surface area contributed by atoms with Gasteiger partial charge in [-0.2, -0.15) is 0 Å². The van der Waals surface area contributed by atoms with Crippen molar-refractivity contribution in [1.82, 2.24) is 10.0 Å². The summed E-state index contributed by atoms with van der Waals surface area (Å²) in [6, 6.07) is 22.1. The zero-order valence-corrected chi connectivity index (χ0v) is 22.4. The maximum absolute atomic E-state index is 13.4. The van der Waals surface area contributed by atoms with Crippen molar-refractivity contribution in [3.63, 3.8) is 0 Å². The Bertz CT molecular complexity index is 1400. The molecule has 0 radical (unpaired) electrons. The maximum atomic E-state index is 13.4. The lowest BCUT2D eigenvalue weighted by Gasteiger charge is -2.24. The van der Waals surface area contributed by atoms with Crippen LogP contribution in [0.4, 0.5) is 5.69 Å². The standard InChI is InChI=1S/C29H33N3O6S/c1-19(33)31-23-11-13-25(14-12-23)39(37,38)30-18-24(34)16-22(15-20-7-3-2-4-8-20)29(36)32-28-26-10-6-5-9-21(26)17-27(28)35/h2-14,22,24,27-28,30,34-35H,15-18H2,1H3,(H,31,33)(H,32,36)/t22-,24+,27-,28+/m1/s1. The van der Waals surface area contributed by atoms with Crippen LogP contribution in [0.2, 0.25) is 0 Å². The number of hydrogen-bond acceptors (Lipinski definition) is 6. The van der Waals surface area contributed by atoms with Crippen LogP contribution in [0.3, 0.4) is 0 Å². The molecule has 3 aromatic rings. The normalized spacial score (nSPS) is 18.1. The lowest BCUT2D eigenvalue weighted by Crippen LogP contribution is -2.41. The van der Waals surface area contributed by atoms with Crippen molar-refractivity contribution < 1.29 is 28.2 Å². The molecule has 0 fully saturated rings. The Morgan fingerprint density at radius 3 is 2.33 bits per heavy atom. The smallest absolute Gasteiger partial charge is 0.240 e. The fourth-order valence-electron chi connectivity index (χ4n) is 4.82. The van der Waals surface area contributed by atoms with Crippen LogP contribution in [0.15, 0.2) is 83.8 Å². The van der Waals surface area contributed by atoms with Crippen LogP contribution >= 0.6 is 0 Å². The Labute approximate surface area is 228 Å². The second-order valence-corrected chi connectivity index (χ2v) is 11.6. The third kappa shape index (κ3) is 7.51. The van der Waals surface area contributed by atoms with Gasteiger partial charge in [0, 0.05) is 31.5 Å². The van der Waals surface area contributed by atoms with E-state index in [0.29, 0.717) is 18.5 Å². The highest BCUT2D eigenvalue weighted by atomic mass is 32.2. The summed E-state index contributed by atoms with van der Waals surface area (Å²) >= 11 is 0. The van der Waals surface area contributed by atoms with E-state index in [9.17, 15) is 28.2 Å². The highest BCUT2D eigenvalue weighted by molar-refractivity contribution is 7.89. The zero-order chi connectivity index (χ0) is 28.0. The van der Waals surface area contributed by atoms with Crippen molar-refractivity contribution >= 4 is 27.5 Å². The molecule has 5 N–H and O–H groups in total.